The SMILES string of the molecule is C=C1CCN(c2ccc(-c3c(C4=CC[C@H](C(=O)N5CCCC5)CC4)c4c(C)ncnc4n3C)c(Cl)c2)C1=O. The number of halogens is 1. The van der Waals surface area contributed by atoms with Crippen LogP contribution in [0.25, 0.3) is 27.9 Å². The summed E-state index contributed by atoms with van der Waals surface area (Å²) in [6, 6.07) is 5.82. The van der Waals surface area contributed by atoms with Gasteiger partial charge in [-0.25, -0.2) is 9.97 Å². The van der Waals surface area contributed by atoms with E-state index in [4.69, 9.17) is 11.6 Å². The van der Waals surface area contributed by atoms with E-state index in [0.717, 1.165) is 84.4 Å². The van der Waals surface area contributed by atoms with E-state index in [1.165, 1.54) is 5.57 Å². The monoisotopic (exact) mass is 529 g/mol. The number of benzene rings is 1. The minimum atomic E-state index is -0.0459. The predicted molar refractivity (Wildman–Crippen MR) is 151 cm³/mol. The first-order valence-corrected chi connectivity index (χ1v) is 13.8. The van der Waals surface area contributed by atoms with Gasteiger partial charge in [0.05, 0.1) is 16.4 Å². The number of hydrogen-bond donors (Lipinski definition) is 0. The lowest BCUT2D eigenvalue weighted by atomic mass is 9.84. The second-order valence-corrected chi connectivity index (χ2v) is 11.1. The van der Waals surface area contributed by atoms with Crippen molar-refractivity contribution in [1.29, 1.82) is 0 Å². The van der Waals surface area contributed by atoms with Gasteiger partial charge in [-0.2, -0.15) is 0 Å². The summed E-state index contributed by atoms with van der Waals surface area (Å²) in [6.07, 6.45) is 9.10. The summed E-state index contributed by atoms with van der Waals surface area (Å²) in [5.41, 5.74) is 7.33. The fourth-order valence-corrected chi connectivity index (χ4v) is 6.53. The van der Waals surface area contributed by atoms with Crippen LogP contribution in [0.2, 0.25) is 5.02 Å². The number of allylic oxidation sites excluding steroid dienone is 2. The number of hydrogen-bond acceptors (Lipinski definition) is 4. The van der Waals surface area contributed by atoms with Crippen molar-refractivity contribution in [3.05, 3.63) is 59.0 Å². The van der Waals surface area contributed by atoms with Crippen molar-refractivity contribution < 1.29 is 9.59 Å². The average Bonchev–Trinajstić information content (AvgIpc) is 3.64. The van der Waals surface area contributed by atoms with Crippen LogP contribution in [0.5, 0.6) is 0 Å². The standard InChI is InChI=1S/C30H32ClN5O2/c1-18-12-15-36(29(18)37)22-10-11-23(24(31)16-22)27-26(25-19(2)32-17-33-28(25)34(27)3)20-6-8-21(9-7-20)30(38)35-13-4-5-14-35/h6,10-11,16-17,21H,1,4-5,7-9,12-15H2,2-3H3/t21-/m0/s1. The van der Waals surface area contributed by atoms with Crippen molar-refractivity contribution in [2.45, 2.75) is 45.4 Å². The number of anilines is 1. The second-order valence-electron chi connectivity index (χ2n) is 10.6. The molecule has 8 heteroatoms. The molecule has 2 saturated heterocycles. The molecule has 4 heterocycles. The number of fused-ring (bicyclic) bond motifs is 1. The summed E-state index contributed by atoms with van der Waals surface area (Å²) in [4.78, 5) is 38.5. The molecule has 0 bridgehead atoms. The molecular formula is C30H32ClN5O2. The first-order valence-electron chi connectivity index (χ1n) is 13.4. The number of likely N-dealkylation sites (tertiary alicyclic amines) is 1. The summed E-state index contributed by atoms with van der Waals surface area (Å²) >= 11 is 6.93. The Morgan fingerprint density at radius 2 is 1.92 bits per heavy atom. The highest BCUT2D eigenvalue weighted by atomic mass is 35.5. The molecule has 0 spiro atoms. The minimum Gasteiger partial charge on any atom is -0.342 e. The highest BCUT2D eigenvalue weighted by Crippen LogP contribution is 2.44. The Morgan fingerprint density at radius 1 is 1.13 bits per heavy atom. The third-order valence-corrected chi connectivity index (χ3v) is 8.67. The maximum absolute atomic E-state index is 13.1. The van der Waals surface area contributed by atoms with Crippen molar-refractivity contribution in [3.63, 3.8) is 0 Å². The van der Waals surface area contributed by atoms with Gasteiger partial charge in [0, 0.05) is 60.4 Å². The van der Waals surface area contributed by atoms with Crippen molar-refractivity contribution in [2.75, 3.05) is 24.5 Å². The van der Waals surface area contributed by atoms with E-state index in [2.05, 4.69) is 27.2 Å². The molecule has 2 fully saturated rings. The first kappa shape index (κ1) is 24.9. The van der Waals surface area contributed by atoms with Gasteiger partial charge >= 0.3 is 0 Å². The van der Waals surface area contributed by atoms with Gasteiger partial charge in [0.25, 0.3) is 5.91 Å². The lowest BCUT2D eigenvalue weighted by Gasteiger charge is -2.26. The van der Waals surface area contributed by atoms with E-state index in [-0.39, 0.29) is 11.8 Å². The third-order valence-electron chi connectivity index (χ3n) is 8.36. The predicted octanol–water partition coefficient (Wildman–Crippen LogP) is 5.70. The Morgan fingerprint density at radius 3 is 2.58 bits per heavy atom. The van der Waals surface area contributed by atoms with Crippen molar-refractivity contribution in [3.8, 4) is 11.3 Å². The van der Waals surface area contributed by atoms with E-state index in [1.807, 2.05) is 37.1 Å². The molecule has 7 nitrogen and oxygen atoms in total. The highest BCUT2D eigenvalue weighted by Gasteiger charge is 2.31. The van der Waals surface area contributed by atoms with Crippen LogP contribution < -0.4 is 4.90 Å². The maximum Gasteiger partial charge on any atom is 0.253 e. The molecule has 2 aromatic heterocycles. The molecule has 0 N–H and O–H groups in total. The van der Waals surface area contributed by atoms with Gasteiger partial charge in [-0.1, -0.05) is 24.3 Å². The molecule has 3 aromatic rings. The van der Waals surface area contributed by atoms with Gasteiger partial charge in [0.15, 0.2) is 0 Å². The van der Waals surface area contributed by atoms with Crippen LogP contribution in [0.3, 0.4) is 0 Å². The van der Waals surface area contributed by atoms with Crippen LogP contribution in [0.1, 0.15) is 49.8 Å². The third kappa shape index (κ3) is 4.04. The maximum atomic E-state index is 13.1. The molecule has 1 atom stereocenters. The van der Waals surface area contributed by atoms with E-state index in [9.17, 15) is 9.59 Å². The lowest BCUT2D eigenvalue weighted by molar-refractivity contribution is -0.134. The number of rotatable bonds is 4. The van der Waals surface area contributed by atoms with Gasteiger partial charge < -0.3 is 14.4 Å². The van der Waals surface area contributed by atoms with Crippen LogP contribution in [-0.2, 0) is 16.6 Å². The van der Waals surface area contributed by atoms with Gasteiger partial charge in [-0.15, -0.1) is 0 Å². The molecule has 6 rings (SSSR count). The second kappa shape index (κ2) is 9.70. The van der Waals surface area contributed by atoms with E-state index < -0.39 is 0 Å². The summed E-state index contributed by atoms with van der Waals surface area (Å²) in [5.74, 6) is 0.298. The molecular weight excluding hydrogens is 498 g/mol. The van der Waals surface area contributed by atoms with Gasteiger partial charge in [-0.05, 0) is 69.2 Å². The van der Waals surface area contributed by atoms with Crippen LogP contribution >= 0.6 is 11.6 Å². The number of carbonyl (C=O) groups is 2. The van der Waals surface area contributed by atoms with Crippen LogP contribution in [-0.4, -0.2) is 50.9 Å². The average molecular weight is 530 g/mol. The Hall–Kier alpha value is -3.45. The highest BCUT2D eigenvalue weighted by molar-refractivity contribution is 6.34. The Balaban J connectivity index is 1.42. The molecule has 2 amide bonds. The molecule has 0 unspecified atom stereocenters. The fraction of sp³-hybridized carbons (Fsp3) is 0.400. The number of aryl methyl sites for hydroxylation is 2. The van der Waals surface area contributed by atoms with Gasteiger partial charge in [-0.3, -0.25) is 9.59 Å². The lowest BCUT2D eigenvalue weighted by Crippen LogP contribution is -2.34. The summed E-state index contributed by atoms with van der Waals surface area (Å²) < 4.78 is 2.09. The van der Waals surface area contributed by atoms with Gasteiger partial charge in [0.2, 0.25) is 5.91 Å². The van der Waals surface area contributed by atoms with E-state index >= 15 is 0 Å². The summed E-state index contributed by atoms with van der Waals surface area (Å²) in [6.45, 7) is 8.28. The normalized spacial score (nSPS) is 20.1. The molecule has 196 valence electrons. The molecule has 2 aliphatic heterocycles. The Labute approximate surface area is 227 Å². The topological polar surface area (TPSA) is 71.3 Å². The number of carbonyl (C=O) groups excluding carboxylic acids is 2. The fourth-order valence-electron chi connectivity index (χ4n) is 6.27. The molecule has 0 radical (unpaired) electrons. The zero-order valence-corrected chi connectivity index (χ0v) is 22.7. The van der Waals surface area contributed by atoms with Crippen molar-refractivity contribution in [1.82, 2.24) is 19.4 Å². The van der Waals surface area contributed by atoms with Crippen LogP contribution in [0, 0.1) is 12.8 Å². The van der Waals surface area contributed by atoms with Crippen LogP contribution in [0.4, 0.5) is 5.69 Å². The number of aromatic nitrogens is 3. The van der Waals surface area contributed by atoms with Crippen molar-refractivity contribution in [2.24, 2.45) is 13.0 Å². The van der Waals surface area contributed by atoms with Crippen molar-refractivity contribution >= 4 is 45.7 Å². The molecule has 3 aliphatic rings. The zero-order chi connectivity index (χ0) is 26.6. The van der Waals surface area contributed by atoms with E-state index in [0.29, 0.717) is 29.5 Å². The zero-order valence-electron chi connectivity index (χ0n) is 22.0. The minimum absolute atomic E-state index is 0.0447. The summed E-state index contributed by atoms with van der Waals surface area (Å²) in [5, 5.41) is 1.59. The Bertz CT molecular complexity index is 1510. The first-order chi connectivity index (χ1) is 18.3. The molecule has 0 saturated carbocycles. The smallest absolute Gasteiger partial charge is 0.253 e. The van der Waals surface area contributed by atoms with E-state index in [1.54, 1.807) is 11.2 Å². The largest absolute Gasteiger partial charge is 0.342 e. The molecule has 38 heavy (non-hydrogen) atoms. The molecule has 1 aliphatic carbocycles. The quantitative estimate of drug-likeness (QED) is 0.407. The molecule has 1 aromatic carbocycles. The Kier molecular flexibility index (Phi) is 6.34. The summed E-state index contributed by atoms with van der Waals surface area (Å²) in [7, 11) is 2.01. The van der Waals surface area contributed by atoms with Crippen LogP contribution in [0.15, 0.2) is 42.8 Å². The number of nitrogens with zero attached hydrogens (tertiary/aromatic N) is 5. The van der Waals surface area contributed by atoms with Gasteiger partial charge in [0.1, 0.15) is 12.0 Å². The number of amides is 2.